The Hall–Kier alpha value is -4.43. The normalized spacial score (nSPS) is 23.6. The van der Waals surface area contributed by atoms with Crippen LogP contribution in [0.4, 0.5) is 4.79 Å². The molecule has 0 saturated heterocycles. The smallest absolute Gasteiger partial charge is 0.412 e. The zero-order valence-electron chi connectivity index (χ0n) is 31.0. The van der Waals surface area contributed by atoms with E-state index in [9.17, 15) is 44.4 Å². The van der Waals surface area contributed by atoms with Crippen molar-refractivity contribution >= 4 is 35.3 Å². The molecule has 6 N–H and O–H groups in total. The molecule has 1 aromatic carbocycles. The lowest BCUT2D eigenvalue weighted by atomic mass is 9.57. The van der Waals surface area contributed by atoms with E-state index in [1.54, 1.807) is 40.9 Å². The summed E-state index contributed by atoms with van der Waals surface area (Å²) in [6, 6.07) is 0.550. The van der Waals surface area contributed by atoms with Crippen molar-refractivity contribution in [3.8, 4) is 5.75 Å². The Bertz CT molecular complexity index is 1730. The monoisotopic (exact) mass is 713 g/mol. The Kier molecular flexibility index (Phi) is 10.5. The van der Waals surface area contributed by atoms with Crippen LogP contribution in [0.25, 0.3) is 5.76 Å². The summed E-state index contributed by atoms with van der Waals surface area (Å²) in [5.74, 6) is -8.06. The number of nitrogens with two attached hydrogens (primary N) is 1. The van der Waals surface area contributed by atoms with Crippen LogP contribution in [0.3, 0.4) is 0 Å². The number of ketones is 2. The number of carbonyl (C=O) groups is 5. The number of rotatable bonds is 8. The van der Waals surface area contributed by atoms with E-state index in [1.807, 2.05) is 34.6 Å². The third-order valence-electron chi connectivity index (χ3n) is 9.73. The van der Waals surface area contributed by atoms with Crippen LogP contribution in [0.15, 0.2) is 23.0 Å². The van der Waals surface area contributed by atoms with Gasteiger partial charge in [0.05, 0.1) is 23.6 Å². The fraction of sp³-hybridized carbons (Fsp3) is 0.595. The number of carbonyl (C=O) groups excluding carboxylic acids is 5. The van der Waals surface area contributed by atoms with E-state index in [4.69, 9.17) is 15.2 Å². The van der Waals surface area contributed by atoms with Gasteiger partial charge in [-0.3, -0.25) is 24.1 Å². The van der Waals surface area contributed by atoms with Crippen molar-refractivity contribution in [1.29, 1.82) is 0 Å². The van der Waals surface area contributed by atoms with Gasteiger partial charge < -0.3 is 40.5 Å². The summed E-state index contributed by atoms with van der Waals surface area (Å²) in [7, 11) is 3.09. The van der Waals surface area contributed by atoms with Crippen LogP contribution in [-0.2, 0) is 41.6 Å². The first-order chi connectivity index (χ1) is 23.3. The zero-order valence-corrected chi connectivity index (χ0v) is 31.0. The number of esters is 1. The highest BCUT2D eigenvalue weighted by Crippen LogP contribution is 2.54. The molecule has 14 heteroatoms. The fourth-order valence-electron chi connectivity index (χ4n) is 7.44. The molecule has 3 aliphatic carbocycles. The summed E-state index contributed by atoms with van der Waals surface area (Å²) in [6.45, 7) is 13.9. The number of nitrogens with zero attached hydrogens (tertiary/aromatic N) is 2. The molecule has 0 bridgehead atoms. The number of hydrogen-bond acceptors (Lipinski definition) is 12. The molecule has 3 aliphatic rings. The maximum atomic E-state index is 14.3. The molecule has 1 aromatic rings. The molecule has 1 saturated carbocycles. The van der Waals surface area contributed by atoms with Crippen LogP contribution in [0.2, 0.25) is 0 Å². The Morgan fingerprint density at radius 1 is 1.04 bits per heavy atom. The van der Waals surface area contributed by atoms with Gasteiger partial charge in [0.25, 0.3) is 5.91 Å². The molecule has 4 atom stereocenters. The zero-order chi connectivity index (χ0) is 38.7. The number of aromatic hydroxyl groups is 1. The van der Waals surface area contributed by atoms with Crippen molar-refractivity contribution in [2.75, 3.05) is 27.4 Å². The number of benzene rings is 1. The van der Waals surface area contributed by atoms with Crippen LogP contribution in [0.1, 0.15) is 90.0 Å². The molecule has 0 radical (unpaired) electrons. The van der Waals surface area contributed by atoms with E-state index in [2.05, 4.69) is 0 Å². The van der Waals surface area contributed by atoms with Crippen molar-refractivity contribution in [3.63, 3.8) is 0 Å². The van der Waals surface area contributed by atoms with Crippen LogP contribution >= 0.6 is 0 Å². The van der Waals surface area contributed by atoms with Gasteiger partial charge in [-0.2, -0.15) is 0 Å². The summed E-state index contributed by atoms with van der Waals surface area (Å²) in [5.41, 5.74) is 1.71. The van der Waals surface area contributed by atoms with Crippen molar-refractivity contribution in [1.82, 2.24) is 9.80 Å². The number of hydrogen-bond donors (Lipinski definition) is 5. The van der Waals surface area contributed by atoms with E-state index in [-0.39, 0.29) is 48.5 Å². The standard InChI is InChI=1S/C37H51N3O11/c1-17(2)20-12-19(14-40(15-35(3,4)5)34(48)51-16-50-33(47)36(6,7)8)27(41)24-21(20)11-18-13-22-26(39(9)10)29(43)25(32(38)46)31(45)37(22,49)30(44)23(18)28(24)42/h12,17-18,22,26,41-42,45,49H,11,13-16H2,1-10H3,(H2,38,46)/t18-,22-,26-,37-/m0/s1. The Labute approximate surface area is 297 Å². The first-order valence-corrected chi connectivity index (χ1v) is 17.0. The van der Waals surface area contributed by atoms with Crippen molar-refractivity contribution in [2.24, 2.45) is 28.4 Å². The lowest BCUT2D eigenvalue weighted by Crippen LogP contribution is -2.65. The van der Waals surface area contributed by atoms with Gasteiger partial charge in [-0.15, -0.1) is 0 Å². The number of fused-ring (bicyclic) bond motifs is 3. The maximum Gasteiger partial charge on any atom is 0.412 e. The third-order valence-corrected chi connectivity index (χ3v) is 9.73. The molecule has 4 rings (SSSR count). The number of phenolic OH excluding ortho intramolecular Hbond substituents is 1. The Morgan fingerprint density at radius 2 is 1.65 bits per heavy atom. The summed E-state index contributed by atoms with van der Waals surface area (Å²) >= 11 is 0. The second kappa shape index (κ2) is 13.6. The molecule has 14 nitrogen and oxygen atoms in total. The van der Waals surface area contributed by atoms with Crippen LogP contribution < -0.4 is 5.73 Å². The summed E-state index contributed by atoms with van der Waals surface area (Å²) in [4.78, 5) is 68.3. The highest BCUT2D eigenvalue weighted by molar-refractivity contribution is 6.24. The fourth-order valence-corrected chi connectivity index (χ4v) is 7.44. The van der Waals surface area contributed by atoms with Gasteiger partial charge in [-0.25, -0.2) is 4.79 Å². The number of aliphatic hydroxyl groups excluding tert-OH is 2. The predicted molar refractivity (Wildman–Crippen MR) is 185 cm³/mol. The van der Waals surface area contributed by atoms with Crippen LogP contribution in [0.5, 0.6) is 5.75 Å². The lowest BCUT2D eigenvalue weighted by Gasteiger charge is -2.50. The second-order valence-corrected chi connectivity index (χ2v) is 16.6. The highest BCUT2D eigenvalue weighted by Gasteiger charge is 2.64. The van der Waals surface area contributed by atoms with E-state index in [0.29, 0.717) is 5.56 Å². The number of Topliss-reactive ketones (excluding diaryl/α,β-unsaturated/α-hetero) is 2. The third kappa shape index (κ3) is 7.08. The molecule has 280 valence electrons. The van der Waals surface area contributed by atoms with E-state index < -0.39 is 93.5 Å². The molecular weight excluding hydrogens is 662 g/mol. The number of ether oxygens (including phenoxy) is 2. The molecule has 0 aliphatic heterocycles. The maximum absolute atomic E-state index is 14.3. The highest BCUT2D eigenvalue weighted by atomic mass is 16.7. The molecule has 0 aromatic heterocycles. The van der Waals surface area contributed by atoms with E-state index in [1.165, 1.54) is 9.80 Å². The summed E-state index contributed by atoms with van der Waals surface area (Å²) in [5, 5.41) is 46.7. The number of likely N-dealkylation sites (N-methyl/N-ethyl adjacent to an activating group) is 1. The number of phenols is 1. The molecule has 2 amide bonds. The van der Waals surface area contributed by atoms with Crippen LogP contribution in [-0.4, -0.2) is 98.8 Å². The van der Waals surface area contributed by atoms with Gasteiger partial charge in [0, 0.05) is 23.6 Å². The first kappa shape index (κ1) is 39.4. The molecule has 1 fully saturated rings. The second-order valence-electron chi connectivity index (χ2n) is 16.6. The van der Waals surface area contributed by atoms with Crippen molar-refractivity contribution in [2.45, 2.75) is 92.3 Å². The number of aliphatic hydroxyl groups is 3. The predicted octanol–water partition coefficient (Wildman–Crippen LogP) is 3.62. The quantitative estimate of drug-likeness (QED) is 0.148. The lowest BCUT2D eigenvalue weighted by molar-refractivity contribution is -0.162. The van der Waals surface area contributed by atoms with Crippen LogP contribution in [0, 0.1) is 22.7 Å². The minimum atomic E-state index is -2.76. The van der Waals surface area contributed by atoms with Gasteiger partial charge in [0.15, 0.2) is 11.4 Å². The topological polar surface area (TPSA) is 217 Å². The summed E-state index contributed by atoms with van der Waals surface area (Å²) in [6.07, 6.45) is -0.706. The van der Waals surface area contributed by atoms with E-state index >= 15 is 0 Å². The molecular formula is C37H51N3O11. The summed E-state index contributed by atoms with van der Waals surface area (Å²) < 4.78 is 10.4. The number of primary amides is 1. The molecule has 0 heterocycles. The average molecular weight is 714 g/mol. The van der Waals surface area contributed by atoms with Crippen molar-refractivity contribution < 1.29 is 53.9 Å². The Morgan fingerprint density at radius 3 is 2.16 bits per heavy atom. The van der Waals surface area contributed by atoms with Gasteiger partial charge in [0.1, 0.15) is 22.8 Å². The largest absolute Gasteiger partial charge is 0.508 e. The minimum absolute atomic E-state index is 0.0310. The average Bonchev–Trinajstić information content (AvgIpc) is 2.98. The molecule has 51 heavy (non-hydrogen) atoms. The first-order valence-electron chi connectivity index (χ1n) is 17.0. The minimum Gasteiger partial charge on any atom is -0.508 e. The van der Waals surface area contributed by atoms with E-state index in [0.717, 1.165) is 5.56 Å². The molecule has 0 unspecified atom stereocenters. The van der Waals surface area contributed by atoms with Gasteiger partial charge >= 0.3 is 12.1 Å². The van der Waals surface area contributed by atoms with Crippen molar-refractivity contribution in [3.05, 3.63) is 45.2 Å². The SMILES string of the molecule is CC(C)c1cc(CN(CC(C)(C)C)C(=O)OCOC(=O)C(C)(C)C)c(O)c2c1C[C@H]1C[C@H]3[C@H](N(C)C)C(=O)C(C(N)=O)=C(O)[C@@]3(O)C(=O)C1=C2O. The van der Waals surface area contributed by atoms with Gasteiger partial charge in [-0.05, 0) is 82.2 Å². The van der Waals surface area contributed by atoms with Gasteiger partial charge in [-0.1, -0.05) is 34.6 Å². The number of amides is 2. The molecule has 0 spiro atoms. The Balaban J connectivity index is 1.83. The van der Waals surface area contributed by atoms with Gasteiger partial charge in [0.2, 0.25) is 12.6 Å².